The number of halogens is 1. The van der Waals surface area contributed by atoms with E-state index in [1.165, 1.54) is 6.07 Å². The van der Waals surface area contributed by atoms with Gasteiger partial charge in [0.1, 0.15) is 0 Å². The summed E-state index contributed by atoms with van der Waals surface area (Å²) in [5.41, 5.74) is 2.41. The van der Waals surface area contributed by atoms with Crippen molar-refractivity contribution < 1.29 is 14.8 Å². The molecule has 0 bridgehead atoms. The second-order valence-corrected chi connectivity index (χ2v) is 6.67. The van der Waals surface area contributed by atoms with E-state index in [1.807, 2.05) is 20.8 Å². The summed E-state index contributed by atoms with van der Waals surface area (Å²) in [6.45, 7) is 5.90. The molecule has 2 rings (SSSR count). The van der Waals surface area contributed by atoms with Crippen molar-refractivity contribution in [1.29, 1.82) is 0 Å². The first-order valence-electron chi connectivity index (χ1n) is 7.16. The first kappa shape index (κ1) is 18.4. The Kier molecular flexibility index (Phi) is 5.07. The number of aromatic amines is 1. The molecule has 0 unspecified atom stereocenters. The van der Waals surface area contributed by atoms with Crippen molar-refractivity contribution in [3.63, 3.8) is 0 Å². The van der Waals surface area contributed by atoms with Gasteiger partial charge in [-0.15, -0.1) is 0 Å². The van der Waals surface area contributed by atoms with E-state index in [0.29, 0.717) is 0 Å². The van der Waals surface area contributed by atoms with E-state index < -0.39 is 22.3 Å². The normalized spacial score (nSPS) is 11.7. The van der Waals surface area contributed by atoms with E-state index >= 15 is 0 Å². The van der Waals surface area contributed by atoms with Crippen LogP contribution >= 0.6 is 11.6 Å². The third-order valence-corrected chi connectivity index (χ3v) is 3.49. The van der Waals surface area contributed by atoms with Gasteiger partial charge in [0, 0.05) is 27.8 Å². The smallest absolute Gasteiger partial charge is 0.312 e. The Balaban J connectivity index is 2.15. The van der Waals surface area contributed by atoms with Crippen molar-refractivity contribution in [2.24, 2.45) is 5.10 Å². The lowest BCUT2D eigenvalue weighted by atomic mass is 9.92. The minimum atomic E-state index is -0.769. The number of aromatic hydroxyl groups is 1. The van der Waals surface area contributed by atoms with E-state index in [2.05, 4.69) is 20.7 Å². The largest absolute Gasteiger partial charge is 0.502 e. The van der Waals surface area contributed by atoms with Gasteiger partial charge in [0.15, 0.2) is 5.69 Å². The van der Waals surface area contributed by atoms with Crippen LogP contribution in [0.25, 0.3) is 0 Å². The molecule has 2 aromatic rings. The molecule has 0 spiro atoms. The topological polar surface area (TPSA) is 134 Å². The summed E-state index contributed by atoms with van der Waals surface area (Å²) in [6, 6.07) is 3.91. The lowest BCUT2D eigenvalue weighted by molar-refractivity contribution is -0.385. The van der Waals surface area contributed by atoms with Crippen LogP contribution in [0, 0.1) is 10.1 Å². The summed E-state index contributed by atoms with van der Waals surface area (Å²) in [5, 5.41) is 31.1. The van der Waals surface area contributed by atoms with Gasteiger partial charge >= 0.3 is 5.69 Å². The third-order valence-electron chi connectivity index (χ3n) is 3.27. The number of H-pyrrole nitrogens is 1. The molecule has 132 valence electrons. The zero-order chi connectivity index (χ0) is 18.8. The van der Waals surface area contributed by atoms with Gasteiger partial charge in [-0.05, 0) is 12.1 Å². The van der Waals surface area contributed by atoms with Crippen molar-refractivity contribution in [3.8, 4) is 5.75 Å². The van der Waals surface area contributed by atoms with Crippen molar-refractivity contribution in [2.75, 3.05) is 0 Å². The van der Waals surface area contributed by atoms with Crippen LogP contribution in [0.2, 0.25) is 5.02 Å². The molecule has 1 amide bonds. The number of aromatic nitrogens is 2. The van der Waals surface area contributed by atoms with Gasteiger partial charge in [-0.1, -0.05) is 32.4 Å². The van der Waals surface area contributed by atoms with Gasteiger partial charge in [0.2, 0.25) is 5.75 Å². The maximum Gasteiger partial charge on any atom is 0.312 e. The average Bonchev–Trinajstić information content (AvgIpc) is 3.00. The summed E-state index contributed by atoms with van der Waals surface area (Å²) in [6.07, 6.45) is 1.06. The van der Waals surface area contributed by atoms with Crippen LogP contribution in [0.3, 0.4) is 0 Å². The summed E-state index contributed by atoms with van der Waals surface area (Å²) < 4.78 is 0. The van der Waals surface area contributed by atoms with Gasteiger partial charge in [0.05, 0.1) is 11.1 Å². The first-order chi connectivity index (χ1) is 11.6. The Hall–Kier alpha value is -2.94. The molecule has 0 fully saturated rings. The molecule has 1 aromatic carbocycles. The minimum absolute atomic E-state index is 0.00286. The third kappa shape index (κ3) is 4.32. The Morgan fingerprint density at radius 1 is 1.44 bits per heavy atom. The van der Waals surface area contributed by atoms with Gasteiger partial charge < -0.3 is 5.11 Å². The standard InChI is InChI=1S/C15H16ClN5O4/c1-15(2,3)12-6-10(18-19-12)14(23)20-17-7-8-4-9(16)5-11(13(8)22)21(24)25/h4-7,22H,1-3H3,(H,18,19)(H,20,23)/b17-7+. The number of hydrogen-bond acceptors (Lipinski definition) is 6. The Labute approximate surface area is 147 Å². The van der Waals surface area contributed by atoms with Crippen LogP contribution in [0.5, 0.6) is 5.75 Å². The number of benzene rings is 1. The Morgan fingerprint density at radius 3 is 2.68 bits per heavy atom. The maximum atomic E-state index is 12.0. The maximum absolute atomic E-state index is 12.0. The summed E-state index contributed by atoms with van der Waals surface area (Å²) in [7, 11) is 0. The number of phenolic OH excluding ortho intramolecular Hbond substituents is 1. The lowest BCUT2D eigenvalue weighted by Crippen LogP contribution is -2.18. The number of phenols is 1. The van der Waals surface area contributed by atoms with E-state index in [1.54, 1.807) is 6.07 Å². The highest BCUT2D eigenvalue weighted by Gasteiger charge is 2.20. The van der Waals surface area contributed by atoms with Crippen LogP contribution in [0.4, 0.5) is 5.69 Å². The van der Waals surface area contributed by atoms with Gasteiger partial charge in [-0.2, -0.15) is 10.2 Å². The summed E-state index contributed by atoms with van der Waals surface area (Å²) in [5.74, 6) is -1.17. The number of rotatable bonds is 4. The number of nitro benzene ring substituents is 1. The molecule has 9 nitrogen and oxygen atoms in total. The zero-order valence-electron chi connectivity index (χ0n) is 13.7. The number of nitrogens with zero attached hydrogens (tertiary/aromatic N) is 3. The van der Waals surface area contributed by atoms with Crippen LogP contribution in [0.1, 0.15) is 42.5 Å². The predicted octanol–water partition coefficient (Wildman–Crippen LogP) is 2.74. The SMILES string of the molecule is CC(C)(C)c1cc(C(=O)N/N=C/c2cc(Cl)cc([N+](=O)[O-])c2O)n[nH]1. The van der Waals surface area contributed by atoms with E-state index in [0.717, 1.165) is 18.0 Å². The molecular formula is C15H16ClN5O4. The fourth-order valence-corrected chi connectivity index (χ4v) is 2.10. The van der Waals surface area contributed by atoms with Crippen molar-refractivity contribution >= 4 is 29.4 Å². The molecule has 10 heteroatoms. The molecule has 0 aliphatic heterocycles. The minimum Gasteiger partial charge on any atom is -0.502 e. The highest BCUT2D eigenvalue weighted by molar-refractivity contribution is 6.31. The molecule has 0 atom stereocenters. The van der Waals surface area contributed by atoms with Crippen molar-refractivity contribution in [1.82, 2.24) is 15.6 Å². The second-order valence-electron chi connectivity index (χ2n) is 6.24. The predicted molar refractivity (Wildman–Crippen MR) is 92.1 cm³/mol. The number of hydrazone groups is 1. The number of nitro groups is 1. The fourth-order valence-electron chi connectivity index (χ4n) is 1.88. The zero-order valence-corrected chi connectivity index (χ0v) is 14.5. The molecule has 25 heavy (non-hydrogen) atoms. The molecule has 1 heterocycles. The summed E-state index contributed by atoms with van der Waals surface area (Å²) >= 11 is 5.77. The number of nitrogens with one attached hydrogen (secondary N) is 2. The van der Waals surface area contributed by atoms with Gasteiger partial charge in [0.25, 0.3) is 5.91 Å². The first-order valence-corrected chi connectivity index (χ1v) is 7.53. The van der Waals surface area contributed by atoms with E-state index in [4.69, 9.17) is 11.6 Å². The van der Waals surface area contributed by atoms with Crippen LogP contribution < -0.4 is 5.43 Å². The molecule has 1 aromatic heterocycles. The van der Waals surface area contributed by atoms with Crippen molar-refractivity contribution in [2.45, 2.75) is 26.2 Å². The summed E-state index contributed by atoms with van der Waals surface area (Å²) in [4.78, 5) is 22.1. The molecular weight excluding hydrogens is 350 g/mol. The fraction of sp³-hybridized carbons (Fsp3) is 0.267. The van der Waals surface area contributed by atoms with E-state index in [-0.39, 0.29) is 21.7 Å². The van der Waals surface area contributed by atoms with Gasteiger partial charge in [-0.3, -0.25) is 20.0 Å². The number of amides is 1. The Morgan fingerprint density at radius 2 is 2.12 bits per heavy atom. The molecule has 0 aliphatic rings. The molecule has 0 saturated carbocycles. The number of carbonyl (C=O) groups excluding carboxylic acids is 1. The van der Waals surface area contributed by atoms with Gasteiger partial charge in [-0.25, -0.2) is 5.43 Å². The quantitative estimate of drug-likeness (QED) is 0.435. The van der Waals surface area contributed by atoms with Crippen LogP contribution in [-0.4, -0.2) is 32.3 Å². The molecule has 0 aliphatic carbocycles. The Bertz CT molecular complexity index is 854. The second kappa shape index (κ2) is 6.89. The highest BCUT2D eigenvalue weighted by Crippen LogP contribution is 2.32. The van der Waals surface area contributed by atoms with E-state index in [9.17, 15) is 20.0 Å². The molecule has 3 N–H and O–H groups in total. The van der Waals surface area contributed by atoms with Crippen LogP contribution in [0.15, 0.2) is 23.3 Å². The van der Waals surface area contributed by atoms with Crippen molar-refractivity contribution in [3.05, 3.63) is 50.3 Å². The molecule has 0 saturated heterocycles. The number of hydrogen-bond donors (Lipinski definition) is 3. The molecule has 0 radical (unpaired) electrons. The number of carbonyl (C=O) groups is 1. The highest BCUT2D eigenvalue weighted by atomic mass is 35.5. The monoisotopic (exact) mass is 365 g/mol. The van der Waals surface area contributed by atoms with Crippen LogP contribution in [-0.2, 0) is 5.41 Å². The average molecular weight is 366 g/mol. The lowest BCUT2D eigenvalue weighted by Gasteiger charge is -2.14.